The fourth-order valence-electron chi connectivity index (χ4n) is 1.75. The predicted octanol–water partition coefficient (Wildman–Crippen LogP) is 3.48. The maximum absolute atomic E-state index is 12.8. The zero-order valence-corrected chi connectivity index (χ0v) is 11.8. The third-order valence-corrected chi connectivity index (χ3v) is 2.94. The van der Waals surface area contributed by atoms with Crippen molar-refractivity contribution in [2.45, 2.75) is 13.5 Å². The number of halogens is 1. The van der Waals surface area contributed by atoms with Crippen LogP contribution in [0.3, 0.4) is 0 Å². The summed E-state index contributed by atoms with van der Waals surface area (Å²) in [6.07, 6.45) is 0. The maximum Gasteiger partial charge on any atom is 0.160 e. The number of oxime groups is 1. The van der Waals surface area contributed by atoms with Gasteiger partial charge in [-0.05, 0) is 42.8 Å². The van der Waals surface area contributed by atoms with E-state index in [1.807, 2.05) is 0 Å². The van der Waals surface area contributed by atoms with Crippen LogP contribution in [0.25, 0.3) is 0 Å². The molecule has 2 aromatic carbocycles. The molecule has 5 heteroatoms. The molecule has 21 heavy (non-hydrogen) atoms. The van der Waals surface area contributed by atoms with Crippen molar-refractivity contribution in [3.8, 4) is 11.5 Å². The molecule has 2 aromatic rings. The van der Waals surface area contributed by atoms with Crippen molar-refractivity contribution in [3.63, 3.8) is 0 Å². The van der Waals surface area contributed by atoms with E-state index >= 15 is 0 Å². The van der Waals surface area contributed by atoms with E-state index in [0.717, 1.165) is 11.1 Å². The van der Waals surface area contributed by atoms with Crippen LogP contribution in [-0.4, -0.2) is 17.9 Å². The Morgan fingerprint density at radius 1 is 1.19 bits per heavy atom. The summed E-state index contributed by atoms with van der Waals surface area (Å²) in [7, 11) is 1.49. The van der Waals surface area contributed by atoms with E-state index < -0.39 is 0 Å². The van der Waals surface area contributed by atoms with Crippen LogP contribution in [0.15, 0.2) is 47.6 Å². The molecule has 0 unspecified atom stereocenters. The number of hydrogen-bond acceptors (Lipinski definition) is 4. The lowest BCUT2D eigenvalue weighted by Gasteiger charge is -2.06. The fraction of sp³-hybridized carbons (Fsp3) is 0.188. The van der Waals surface area contributed by atoms with Crippen LogP contribution in [0.4, 0.5) is 4.39 Å². The summed E-state index contributed by atoms with van der Waals surface area (Å²) in [5.41, 5.74) is 2.17. The molecule has 0 saturated carbocycles. The molecule has 2 rings (SSSR count). The van der Waals surface area contributed by atoms with Gasteiger partial charge in [-0.3, -0.25) is 0 Å². The summed E-state index contributed by atoms with van der Waals surface area (Å²) in [6, 6.07) is 11.0. The number of ether oxygens (including phenoxy) is 1. The molecule has 0 aliphatic carbocycles. The van der Waals surface area contributed by atoms with Crippen LogP contribution in [0.1, 0.15) is 18.1 Å². The summed E-state index contributed by atoms with van der Waals surface area (Å²) in [4.78, 5) is 5.22. The lowest BCUT2D eigenvalue weighted by atomic mass is 10.1. The number of rotatable bonds is 5. The molecule has 0 aliphatic heterocycles. The highest BCUT2D eigenvalue weighted by atomic mass is 19.1. The first kappa shape index (κ1) is 14.8. The number of nitrogens with zero attached hydrogens (tertiary/aromatic N) is 1. The smallest absolute Gasteiger partial charge is 0.160 e. The third-order valence-electron chi connectivity index (χ3n) is 2.94. The molecule has 0 aliphatic rings. The quantitative estimate of drug-likeness (QED) is 0.677. The summed E-state index contributed by atoms with van der Waals surface area (Å²) in [6.45, 7) is 2.02. The monoisotopic (exact) mass is 289 g/mol. The molecule has 0 bridgehead atoms. The number of phenolic OH excluding ortho intramolecular Hbond substituents is 1. The lowest BCUT2D eigenvalue weighted by Crippen LogP contribution is -1.97. The molecular weight excluding hydrogens is 273 g/mol. The second kappa shape index (κ2) is 6.74. The van der Waals surface area contributed by atoms with Gasteiger partial charge in [0.15, 0.2) is 11.5 Å². The third kappa shape index (κ3) is 3.95. The van der Waals surface area contributed by atoms with Crippen molar-refractivity contribution in [3.05, 3.63) is 59.4 Å². The Kier molecular flexibility index (Phi) is 4.77. The van der Waals surface area contributed by atoms with Gasteiger partial charge in [-0.15, -0.1) is 0 Å². The number of benzene rings is 2. The number of phenols is 1. The Labute approximate surface area is 122 Å². The molecule has 110 valence electrons. The van der Waals surface area contributed by atoms with Crippen molar-refractivity contribution < 1.29 is 19.1 Å². The minimum absolute atomic E-state index is 0.0445. The topological polar surface area (TPSA) is 51.0 Å². The van der Waals surface area contributed by atoms with E-state index in [2.05, 4.69) is 5.16 Å². The van der Waals surface area contributed by atoms with Crippen molar-refractivity contribution in [2.24, 2.45) is 5.16 Å². The van der Waals surface area contributed by atoms with Crippen LogP contribution in [0, 0.1) is 5.82 Å². The van der Waals surface area contributed by atoms with Gasteiger partial charge in [-0.25, -0.2) is 4.39 Å². The summed E-state index contributed by atoms with van der Waals surface area (Å²) in [5.74, 6) is 0.161. The molecule has 0 aromatic heterocycles. The van der Waals surface area contributed by atoms with Crippen LogP contribution < -0.4 is 4.74 Å². The van der Waals surface area contributed by atoms with Crippen LogP contribution in [-0.2, 0) is 11.4 Å². The molecule has 0 amide bonds. The molecule has 4 nitrogen and oxygen atoms in total. The average molecular weight is 289 g/mol. The Hall–Kier alpha value is -2.56. The first-order valence-corrected chi connectivity index (χ1v) is 6.38. The van der Waals surface area contributed by atoms with Crippen molar-refractivity contribution in [1.82, 2.24) is 0 Å². The molecule has 0 spiro atoms. The molecule has 0 atom stereocenters. The number of methoxy groups -OCH3 is 1. The highest BCUT2D eigenvalue weighted by Crippen LogP contribution is 2.26. The second-order valence-electron chi connectivity index (χ2n) is 4.46. The Morgan fingerprint density at radius 3 is 2.52 bits per heavy atom. The highest BCUT2D eigenvalue weighted by molar-refractivity contribution is 5.98. The Bertz CT molecular complexity index is 638. The lowest BCUT2D eigenvalue weighted by molar-refractivity contribution is 0.130. The van der Waals surface area contributed by atoms with Crippen molar-refractivity contribution in [2.75, 3.05) is 7.11 Å². The largest absolute Gasteiger partial charge is 0.504 e. The van der Waals surface area contributed by atoms with Gasteiger partial charge in [-0.1, -0.05) is 17.3 Å². The summed E-state index contributed by atoms with van der Waals surface area (Å²) >= 11 is 0. The van der Waals surface area contributed by atoms with Gasteiger partial charge in [0.25, 0.3) is 0 Å². The minimum Gasteiger partial charge on any atom is -0.504 e. The fourth-order valence-corrected chi connectivity index (χ4v) is 1.75. The number of aromatic hydroxyl groups is 1. The zero-order chi connectivity index (χ0) is 15.2. The van der Waals surface area contributed by atoms with E-state index in [0.29, 0.717) is 11.5 Å². The van der Waals surface area contributed by atoms with E-state index in [1.165, 1.54) is 19.2 Å². The van der Waals surface area contributed by atoms with Gasteiger partial charge in [-0.2, -0.15) is 0 Å². The van der Waals surface area contributed by atoms with E-state index in [9.17, 15) is 9.50 Å². The van der Waals surface area contributed by atoms with Gasteiger partial charge in [0, 0.05) is 5.56 Å². The summed E-state index contributed by atoms with van der Waals surface area (Å²) in [5, 5.41) is 13.7. The first-order valence-electron chi connectivity index (χ1n) is 6.38. The Balaban J connectivity index is 2.00. The van der Waals surface area contributed by atoms with E-state index in [4.69, 9.17) is 9.57 Å². The SMILES string of the molecule is COc1ccc(/C(C)=N\OCc2ccc(F)cc2)cc1O. The molecule has 0 radical (unpaired) electrons. The number of hydrogen-bond donors (Lipinski definition) is 1. The highest BCUT2D eigenvalue weighted by Gasteiger charge is 2.05. The average Bonchev–Trinajstić information content (AvgIpc) is 2.49. The van der Waals surface area contributed by atoms with Gasteiger partial charge in [0.05, 0.1) is 12.8 Å². The maximum atomic E-state index is 12.8. The van der Waals surface area contributed by atoms with Gasteiger partial charge in [0.1, 0.15) is 12.4 Å². The molecular formula is C16H16FNO3. The minimum atomic E-state index is -0.285. The molecule has 0 saturated heterocycles. The Morgan fingerprint density at radius 2 is 1.90 bits per heavy atom. The van der Waals surface area contributed by atoms with Gasteiger partial charge in [0.2, 0.25) is 0 Å². The van der Waals surface area contributed by atoms with Crippen molar-refractivity contribution in [1.29, 1.82) is 0 Å². The van der Waals surface area contributed by atoms with Gasteiger partial charge < -0.3 is 14.7 Å². The summed E-state index contributed by atoms with van der Waals surface area (Å²) < 4.78 is 17.7. The van der Waals surface area contributed by atoms with Crippen LogP contribution in [0.5, 0.6) is 11.5 Å². The van der Waals surface area contributed by atoms with E-state index in [1.54, 1.807) is 37.3 Å². The van der Waals surface area contributed by atoms with Crippen LogP contribution in [0.2, 0.25) is 0 Å². The normalized spacial score (nSPS) is 11.3. The van der Waals surface area contributed by atoms with Crippen molar-refractivity contribution >= 4 is 5.71 Å². The molecule has 1 N–H and O–H groups in total. The molecule has 0 fully saturated rings. The van der Waals surface area contributed by atoms with Gasteiger partial charge >= 0.3 is 0 Å². The zero-order valence-electron chi connectivity index (χ0n) is 11.8. The molecule has 0 heterocycles. The second-order valence-corrected chi connectivity index (χ2v) is 4.46. The first-order chi connectivity index (χ1) is 10.1. The standard InChI is InChI=1S/C16H16FNO3/c1-11(13-5-8-16(20-2)15(19)9-13)18-21-10-12-3-6-14(17)7-4-12/h3-9,19H,10H2,1-2H3/b18-11-. The predicted molar refractivity (Wildman–Crippen MR) is 78.1 cm³/mol. The van der Waals surface area contributed by atoms with Crippen LogP contribution >= 0.6 is 0 Å². The van der Waals surface area contributed by atoms with E-state index in [-0.39, 0.29) is 18.2 Å².